The van der Waals surface area contributed by atoms with E-state index in [9.17, 15) is 0 Å². The Labute approximate surface area is 113 Å². The molecular weight excluding hydrogens is 250 g/mol. The van der Waals surface area contributed by atoms with Crippen LogP contribution in [0.1, 0.15) is 0 Å². The van der Waals surface area contributed by atoms with Gasteiger partial charge >= 0.3 is 0 Å². The summed E-state index contributed by atoms with van der Waals surface area (Å²) in [4.78, 5) is 2.35. The first-order valence-electron chi connectivity index (χ1n) is 6.28. The van der Waals surface area contributed by atoms with Crippen LogP contribution in [0, 0.1) is 0 Å². The average molecular weight is 275 g/mol. The molecule has 1 rings (SSSR count). The molecule has 0 aromatic carbocycles. The molecule has 0 unspecified atom stereocenters. The maximum Gasteiger partial charge on any atom is 0.0657 e. The van der Waals surface area contributed by atoms with Crippen LogP contribution in [0.4, 0.5) is 0 Å². The Morgan fingerprint density at radius 1 is 1.33 bits per heavy atom. The predicted molar refractivity (Wildman–Crippen MR) is 76.8 cm³/mol. The van der Waals surface area contributed by atoms with Gasteiger partial charge in [0.05, 0.1) is 19.8 Å². The molecule has 0 saturated carbocycles. The molecule has 0 aliphatic carbocycles. The van der Waals surface area contributed by atoms with E-state index in [2.05, 4.69) is 4.90 Å². The zero-order chi connectivity index (χ0) is 13.2. The number of hydrazine groups is 1. The average Bonchev–Trinajstić information content (AvgIpc) is 2.35. The molecule has 0 radical (unpaired) electrons. The number of ether oxygens (including phenoxy) is 1. The van der Waals surface area contributed by atoms with Gasteiger partial charge in [0.2, 0.25) is 0 Å². The SMILES string of the molecule is NCCOCCN(N)/C=C(\N)CN1CCSCC1. The van der Waals surface area contributed by atoms with Gasteiger partial charge in [-0.25, -0.2) is 5.84 Å². The minimum Gasteiger partial charge on any atom is -0.400 e. The van der Waals surface area contributed by atoms with Gasteiger partial charge in [0.1, 0.15) is 0 Å². The second-order valence-corrected chi connectivity index (χ2v) is 5.46. The molecule has 1 heterocycles. The van der Waals surface area contributed by atoms with Crippen LogP contribution in [0.3, 0.4) is 0 Å². The molecule has 1 aliphatic rings. The summed E-state index contributed by atoms with van der Waals surface area (Å²) in [7, 11) is 0. The third kappa shape index (κ3) is 7.07. The third-order valence-corrected chi connectivity index (χ3v) is 3.54. The first kappa shape index (κ1) is 15.6. The van der Waals surface area contributed by atoms with Crippen LogP contribution in [0.15, 0.2) is 11.9 Å². The Balaban J connectivity index is 2.17. The number of rotatable bonds is 8. The van der Waals surface area contributed by atoms with Crippen LogP contribution in [0.25, 0.3) is 0 Å². The molecule has 0 aromatic rings. The van der Waals surface area contributed by atoms with Gasteiger partial charge in [-0.1, -0.05) is 0 Å². The zero-order valence-electron chi connectivity index (χ0n) is 10.9. The van der Waals surface area contributed by atoms with Crippen molar-refractivity contribution in [1.29, 1.82) is 0 Å². The molecular formula is C11H25N5OS. The Morgan fingerprint density at radius 2 is 2.06 bits per heavy atom. The van der Waals surface area contributed by atoms with Gasteiger partial charge in [-0.15, -0.1) is 0 Å². The normalized spacial score (nSPS) is 18.0. The molecule has 0 atom stereocenters. The summed E-state index contributed by atoms with van der Waals surface area (Å²) in [5.41, 5.74) is 12.1. The lowest BCUT2D eigenvalue weighted by Crippen LogP contribution is -2.37. The summed E-state index contributed by atoms with van der Waals surface area (Å²) in [6.07, 6.45) is 1.79. The Hall–Kier alpha value is -0.470. The number of nitrogens with two attached hydrogens (primary N) is 3. The van der Waals surface area contributed by atoms with Gasteiger partial charge in [0.25, 0.3) is 0 Å². The van der Waals surface area contributed by atoms with Gasteiger partial charge in [-0.2, -0.15) is 11.8 Å². The lowest BCUT2D eigenvalue weighted by atomic mass is 10.4. The van der Waals surface area contributed by atoms with E-state index in [4.69, 9.17) is 22.0 Å². The monoisotopic (exact) mass is 275 g/mol. The summed E-state index contributed by atoms with van der Waals surface area (Å²) in [6.45, 7) is 5.28. The lowest BCUT2D eigenvalue weighted by molar-refractivity contribution is 0.122. The van der Waals surface area contributed by atoms with Crippen LogP contribution in [0.5, 0.6) is 0 Å². The largest absolute Gasteiger partial charge is 0.400 e. The first-order chi connectivity index (χ1) is 8.72. The highest BCUT2D eigenvalue weighted by molar-refractivity contribution is 7.99. The molecule has 106 valence electrons. The first-order valence-corrected chi connectivity index (χ1v) is 7.43. The van der Waals surface area contributed by atoms with Gasteiger partial charge < -0.3 is 21.2 Å². The number of hydrogen-bond donors (Lipinski definition) is 3. The fourth-order valence-corrected chi connectivity index (χ4v) is 2.67. The molecule has 6 nitrogen and oxygen atoms in total. The Kier molecular flexibility index (Phi) is 8.19. The van der Waals surface area contributed by atoms with Crippen molar-refractivity contribution in [2.24, 2.45) is 17.3 Å². The number of hydrogen-bond acceptors (Lipinski definition) is 7. The topological polar surface area (TPSA) is 93.8 Å². The third-order valence-electron chi connectivity index (χ3n) is 2.60. The van der Waals surface area contributed by atoms with Crippen LogP contribution in [-0.4, -0.2) is 67.4 Å². The van der Waals surface area contributed by atoms with E-state index >= 15 is 0 Å². The number of nitrogens with zero attached hydrogens (tertiary/aromatic N) is 2. The van der Waals surface area contributed by atoms with Crippen LogP contribution in [0.2, 0.25) is 0 Å². The quantitative estimate of drug-likeness (QED) is 0.297. The van der Waals surface area contributed by atoms with Crippen molar-refractivity contribution in [3.05, 3.63) is 11.9 Å². The van der Waals surface area contributed by atoms with Crippen molar-refractivity contribution in [3.8, 4) is 0 Å². The van der Waals surface area contributed by atoms with E-state index in [-0.39, 0.29) is 0 Å². The maximum atomic E-state index is 5.97. The van der Waals surface area contributed by atoms with E-state index < -0.39 is 0 Å². The van der Waals surface area contributed by atoms with Crippen molar-refractivity contribution in [1.82, 2.24) is 9.91 Å². The summed E-state index contributed by atoms with van der Waals surface area (Å²) in [5, 5.41) is 1.57. The molecule has 7 heteroatoms. The van der Waals surface area contributed by atoms with Crippen LogP contribution in [-0.2, 0) is 4.74 Å². The van der Waals surface area contributed by atoms with Crippen molar-refractivity contribution >= 4 is 11.8 Å². The Morgan fingerprint density at radius 3 is 2.72 bits per heavy atom. The molecule has 18 heavy (non-hydrogen) atoms. The fraction of sp³-hybridized carbons (Fsp3) is 0.818. The summed E-state index contributed by atoms with van der Waals surface area (Å²) in [6, 6.07) is 0. The highest BCUT2D eigenvalue weighted by Gasteiger charge is 2.10. The minimum absolute atomic E-state index is 0.537. The molecule has 1 fully saturated rings. The second kappa shape index (κ2) is 9.46. The van der Waals surface area contributed by atoms with Gasteiger partial charge in [-0.3, -0.25) is 4.90 Å². The molecule has 6 N–H and O–H groups in total. The second-order valence-electron chi connectivity index (χ2n) is 4.23. The van der Waals surface area contributed by atoms with Gasteiger partial charge in [0, 0.05) is 49.6 Å². The summed E-state index contributed by atoms with van der Waals surface area (Å²) >= 11 is 1.99. The predicted octanol–water partition coefficient (Wildman–Crippen LogP) is -1.01. The van der Waals surface area contributed by atoms with Crippen molar-refractivity contribution in [2.75, 3.05) is 57.4 Å². The molecule has 1 saturated heterocycles. The van der Waals surface area contributed by atoms with E-state index in [0.717, 1.165) is 25.3 Å². The fourth-order valence-electron chi connectivity index (χ4n) is 1.69. The van der Waals surface area contributed by atoms with Crippen LogP contribution >= 0.6 is 11.8 Å². The smallest absolute Gasteiger partial charge is 0.0657 e. The van der Waals surface area contributed by atoms with Crippen molar-refractivity contribution in [3.63, 3.8) is 0 Å². The highest BCUT2D eigenvalue weighted by Crippen LogP contribution is 2.09. The molecule has 0 spiro atoms. The van der Waals surface area contributed by atoms with E-state index in [1.807, 2.05) is 11.8 Å². The van der Waals surface area contributed by atoms with E-state index in [0.29, 0.717) is 26.3 Å². The molecule has 0 aromatic heterocycles. The lowest BCUT2D eigenvalue weighted by Gasteiger charge is -2.26. The Bertz CT molecular complexity index is 246. The summed E-state index contributed by atoms with van der Waals surface area (Å²) in [5.74, 6) is 8.18. The summed E-state index contributed by atoms with van der Waals surface area (Å²) < 4.78 is 5.26. The van der Waals surface area contributed by atoms with Gasteiger partial charge in [0.15, 0.2) is 0 Å². The molecule has 1 aliphatic heterocycles. The molecule has 0 amide bonds. The molecule has 0 bridgehead atoms. The van der Waals surface area contributed by atoms with Gasteiger partial charge in [-0.05, 0) is 0 Å². The highest BCUT2D eigenvalue weighted by atomic mass is 32.2. The van der Waals surface area contributed by atoms with E-state index in [1.54, 1.807) is 11.2 Å². The standard InChI is InChI=1S/C11H25N5OS/c12-1-5-17-6-2-16(14)10-11(13)9-15-3-7-18-8-4-15/h10H,1-9,12-14H2/b11-10-. The maximum absolute atomic E-state index is 5.97. The van der Waals surface area contributed by atoms with Crippen LogP contribution < -0.4 is 17.3 Å². The van der Waals surface area contributed by atoms with Crippen molar-refractivity contribution in [2.45, 2.75) is 0 Å². The van der Waals surface area contributed by atoms with Crippen molar-refractivity contribution < 1.29 is 4.74 Å². The minimum atomic E-state index is 0.537. The number of thioether (sulfide) groups is 1. The zero-order valence-corrected chi connectivity index (χ0v) is 11.7. The van der Waals surface area contributed by atoms with E-state index in [1.165, 1.54) is 11.5 Å².